The van der Waals surface area contributed by atoms with Crippen molar-refractivity contribution < 1.29 is 23.0 Å². The molecule has 3 aromatic rings. The summed E-state index contributed by atoms with van der Waals surface area (Å²) in [4.78, 5) is 12.1. The smallest absolute Gasteiger partial charge is 0.262 e. The van der Waals surface area contributed by atoms with Crippen molar-refractivity contribution in [3.05, 3.63) is 90.0 Å². The van der Waals surface area contributed by atoms with Crippen LogP contribution in [-0.4, -0.2) is 12.5 Å². The minimum atomic E-state index is -0.949. The van der Waals surface area contributed by atoms with Crippen LogP contribution in [0.25, 0.3) is 0 Å². The number of hydrogen-bond donors (Lipinski definition) is 1. The summed E-state index contributed by atoms with van der Waals surface area (Å²) in [5.74, 6) is -1.33. The third-order valence-electron chi connectivity index (χ3n) is 3.69. The summed E-state index contributed by atoms with van der Waals surface area (Å²) in [7, 11) is 0. The highest BCUT2D eigenvalue weighted by molar-refractivity contribution is 5.93. The number of para-hydroxylation sites is 3. The second kappa shape index (κ2) is 8.80. The molecular formula is C21H17F2NO3. The van der Waals surface area contributed by atoms with Crippen molar-refractivity contribution in [1.82, 2.24) is 0 Å². The van der Waals surface area contributed by atoms with Gasteiger partial charge in [0.05, 0.1) is 5.69 Å². The van der Waals surface area contributed by atoms with E-state index in [1.165, 1.54) is 12.1 Å². The van der Waals surface area contributed by atoms with Crippen molar-refractivity contribution in [2.24, 2.45) is 0 Å². The Balaban J connectivity index is 1.61. The van der Waals surface area contributed by atoms with Crippen molar-refractivity contribution in [2.75, 3.05) is 11.9 Å². The van der Waals surface area contributed by atoms with Crippen LogP contribution in [0.3, 0.4) is 0 Å². The normalized spacial score (nSPS) is 10.3. The molecule has 0 atom stereocenters. The quantitative estimate of drug-likeness (QED) is 0.664. The standard InChI is InChI=1S/C21H17F2NO3/c22-17-10-6-7-15(21(17)23)13-27-19-12-5-4-11-18(19)24-20(25)14-26-16-8-2-1-3-9-16/h1-12H,13-14H2,(H,24,25). The van der Waals surface area contributed by atoms with Gasteiger partial charge in [-0.25, -0.2) is 8.78 Å². The molecule has 138 valence electrons. The second-order valence-corrected chi connectivity index (χ2v) is 5.65. The summed E-state index contributed by atoms with van der Waals surface area (Å²) in [5.41, 5.74) is 0.500. The Morgan fingerprint density at radius 1 is 0.852 bits per heavy atom. The maximum Gasteiger partial charge on any atom is 0.262 e. The first-order chi connectivity index (χ1) is 13.1. The number of hydrogen-bond acceptors (Lipinski definition) is 3. The van der Waals surface area contributed by atoms with Gasteiger partial charge in [0, 0.05) is 5.56 Å². The summed E-state index contributed by atoms with van der Waals surface area (Å²) in [5, 5.41) is 2.69. The molecule has 0 saturated heterocycles. The van der Waals surface area contributed by atoms with E-state index in [9.17, 15) is 13.6 Å². The molecule has 0 aliphatic rings. The molecule has 0 radical (unpaired) electrons. The zero-order valence-electron chi connectivity index (χ0n) is 14.3. The predicted octanol–water partition coefficient (Wildman–Crippen LogP) is 4.56. The fraction of sp³-hybridized carbons (Fsp3) is 0.0952. The fourth-order valence-electron chi connectivity index (χ4n) is 2.36. The topological polar surface area (TPSA) is 47.6 Å². The molecule has 4 nitrogen and oxygen atoms in total. The molecule has 0 unspecified atom stereocenters. The predicted molar refractivity (Wildman–Crippen MR) is 97.7 cm³/mol. The third kappa shape index (κ3) is 5.04. The van der Waals surface area contributed by atoms with E-state index in [0.29, 0.717) is 17.2 Å². The number of rotatable bonds is 7. The lowest BCUT2D eigenvalue weighted by atomic mass is 10.2. The molecule has 27 heavy (non-hydrogen) atoms. The van der Waals surface area contributed by atoms with E-state index in [2.05, 4.69) is 5.32 Å². The molecule has 1 N–H and O–H groups in total. The van der Waals surface area contributed by atoms with Gasteiger partial charge < -0.3 is 14.8 Å². The largest absolute Gasteiger partial charge is 0.487 e. The highest BCUT2D eigenvalue weighted by Gasteiger charge is 2.11. The number of halogens is 2. The number of ether oxygens (including phenoxy) is 2. The van der Waals surface area contributed by atoms with Crippen LogP contribution in [0.15, 0.2) is 72.8 Å². The van der Waals surface area contributed by atoms with E-state index in [4.69, 9.17) is 9.47 Å². The van der Waals surface area contributed by atoms with Crippen LogP contribution in [0.2, 0.25) is 0 Å². The van der Waals surface area contributed by atoms with E-state index in [-0.39, 0.29) is 24.7 Å². The number of benzene rings is 3. The van der Waals surface area contributed by atoms with E-state index in [1.807, 2.05) is 18.2 Å². The molecule has 0 aliphatic heterocycles. The van der Waals surface area contributed by atoms with Crippen LogP contribution in [-0.2, 0) is 11.4 Å². The Bertz CT molecular complexity index is 916. The first-order valence-corrected chi connectivity index (χ1v) is 8.26. The van der Waals surface area contributed by atoms with E-state index >= 15 is 0 Å². The zero-order valence-corrected chi connectivity index (χ0v) is 14.3. The van der Waals surface area contributed by atoms with Gasteiger partial charge in [-0.15, -0.1) is 0 Å². The molecule has 0 spiro atoms. The Hall–Kier alpha value is -3.41. The lowest BCUT2D eigenvalue weighted by Gasteiger charge is -2.13. The summed E-state index contributed by atoms with van der Waals surface area (Å²) in [6.07, 6.45) is 0. The van der Waals surface area contributed by atoms with Crippen molar-refractivity contribution >= 4 is 11.6 Å². The van der Waals surface area contributed by atoms with Gasteiger partial charge in [0.15, 0.2) is 18.2 Å². The summed E-state index contributed by atoms with van der Waals surface area (Å²) < 4.78 is 38.0. The average Bonchev–Trinajstić information content (AvgIpc) is 2.69. The maximum absolute atomic E-state index is 13.7. The van der Waals surface area contributed by atoms with Crippen molar-refractivity contribution in [3.63, 3.8) is 0 Å². The number of carbonyl (C=O) groups excluding carboxylic acids is 1. The molecule has 0 aliphatic carbocycles. The first-order valence-electron chi connectivity index (χ1n) is 8.26. The molecule has 3 rings (SSSR count). The van der Waals surface area contributed by atoms with E-state index in [1.54, 1.807) is 36.4 Å². The number of carbonyl (C=O) groups is 1. The maximum atomic E-state index is 13.7. The molecule has 0 heterocycles. The highest BCUT2D eigenvalue weighted by atomic mass is 19.2. The van der Waals surface area contributed by atoms with Crippen LogP contribution in [0, 0.1) is 11.6 Å². The monoisotopic (exact) mass is 369 g/mol. The number of nitrogens with one attached hydrogen (secondary N) is 1. The van der Waals surface area contributed by atoms with Crippen LogP contribution >= 0.6 is 0 Å². The first kappa shape index (κ1) is 18.4. The van der Waals surface area contributed by atoms with Crippen molar-refractivity contribution in [1.29, 1.82) is 0 Å². The Kier molecular flexibility index (Phi) is 5.99. The van der Waals surface area contributed by atoms with Gasteiger partial charge in [0.25, 0.3) is 5.91 Å². The third-order valence-corrected chi connectivity index (χ3v) is 3.69. The molecule has 3 aromatic carbocycles. The molecule has 0 aromatic heterocycles. The summed E-state index contributed by atoms with van der Waals surface area (Å²) in [6.45, 7) is -0.339. The van der Waals surface area contributed by atoms with Crippen molar-refractivity contribution in [3.8, 4) is 11.5 Å². The Morgan fingerprint density at radius 2 is 1.59 bits per heavy atom. The molecular weight excluding hydrogens is 352 g/mol. The van der Waals surface area contributed by atoms with Crippen LogP contribution < -0.4 is 14.8 Å². The summed E-state index contributed by atoms with van der Waals surface area (Å²) in [6, 6.07) is 19.6. The lowest BCUT2D eigenvalue weighted by Crippen LogP contribution is -2.20. The van der Waals surface area contributed by atoms with E-state index in [0.717, 1.165) is 6.07 Å². The average molecular weight is 369 g/mol. The summed E-state index contributed by atoms with van der Waals surface area (Å²) >= 11 is 0. The van der Waals surface area contributed by atoms with Crippen molar-refractivity contribution in [2.45, 2.75) is 6.61 Å². The zero-order chi connectivity index (χ0) is 19.1. The van der Waals surface area contributed by atoms with Gasteiger partial charge in [-0.3, -0.25) is 4.79 Å². The molecule has 0 bridgehead atoms. The highest BCUT2D eigenvalue weighted by Crippen LogP contribution is 2.25. The van der Waals surface area contributed by atoms with Crippen LogP contribution in [0.5, 0.6) is 11.5 Å². The van der Waals surface area contributed by atoms with Gasteiger partial charge in [-0.2, -0.15) is 0 Å². The van der Waals surface area contributed by atoms with Gasteiger partial charge >= 0.3 is 0 Å². The van der Waals surface area contributed by atoms with Crippen LogP contribution in [0.1, 0.15) is 5.56 Å². The SMILES string of the molecule is O=C(COc1ccccc1)Nc1ccccc1OCc1cccc(F)c1F. The lowest BCUT2D eigenvalue weighted by molar-refractivity contribution is -0.118. The second-order valence-electron chi connectivity index (χ2n) is 5.65. The van der Waals surface area contributed by atoms with E-state index < -0.39 is 11.6 Å². The molecule has 1 amide bonds. The minimum Gasteiger partial charge on any atom is -0.487 e. The van der Waals surface area contributed by atoms with Gasteiger partial charge in [-0.05, 0) is 30.3 Å². The van der Waals surface area contributed by atoms with Gasteiger partial charge in [0.1, 0.15) is 18.1 Å². The minimum absolute atomic E-state index is 0.0866. The Morgan fingerprint density at radius 3 is 2.41 bits per heavy atom. The molecule has 0 fully saturated rings. The fourth-order valence-corrected chi connectivity index (χ4v) is 2.36. The molecule has 0 saturated carbocycles. The van der Waals surface area contributed by atoms with Gasteiger partial charge in [0.2, 0.25) is 0 Å². The molecule has 6 heteroatoms. The van der Waals surface area contributed by atoms with Gasteiger partial charge in [-0.1, -0.05) is 42.5 Å². The van der Waals surface area contributed by atoms with Crippen LogP contribution in [0.4, 0.5) is 14.5 Å². The number of anilines is 1. The number of amides is 1. The Labute approximate surface area is 155 Å².